The van der Waals surface area contributed by atoms with Crippen LogP contribution in [0.25, 0.3) is 0 Å². The number of ether oxygens (including phenoxy) is 1. The van der Waals surface area contributed by atoms with Crippen LogP contribution in [-0.2, 0) is 6.61 Å². The SMILES string of the molecule is CC/C(=C/O)Nc1cc(C)nc(Oc2c(C)cccc2C)c1CO. The molecule has 5 heteroatoms. The van der Waals surface area contributed by atoms with Crippen molar-refractivity contribution in [3.63, 3.8) is 0 Å². The van der Waals surface area contributed by atoms with Crippen molar-refractivity contribution in [2.24, 2.45) is 0 Å². The quantitative estimate of drug-likeness (QED) is 0.680. The van der Waals surface area contributed by atoms with E-state index in [4.69, 9.17) is 4.74 Å². The maximum atomic E-state index is 9.82. The number of aromatic nitrogens is 1. The van der Waals surface area contributed by atoms with Crippen LogP contribution in [0.3, 0.4) is 0 Å². The van der Waals surface area contributed by atoms with Crippen LogP contribution in [0.5, 0.6) is 11.6 Å². The Hall–Kier alpha value is -2.53. The molecule has 0 saturated heterocycles. The fourth-order valence-electron chi connectivity index (χ4n) is 2.46. The van der Waals surface area contributed by atoms with Crippen LogP contribution < -0.4 is 10.1 Å². The monoisotopic (exact) mass is 328 g/mol. The molecule has 0 aliphatic heterocycles. The first-order valence-corrected chi connectivity index (χ1v) is 7.95. The predicted molar refractivity (Wildman–Crippen MR) is 95.5 cm³/mol. The number of benzene rings is 1. The summed E-state index contributed by atoms with van der Waals surface area (Å²) in [5, 5.41) is 22.2. The summed E-state index contributed by atoms with van der Waals surface area (Å²) in [5.74, 6) is 1.11. The lowest BCUT2D eigenvalue weighted by molar-refractivity contribution is 0.275. The summed E-state index contributed by atoms with van der Waals surface area (Å²) in [6.07, 6.45) is 1.67. The molecule has 1 aromatic heterocycles. The third-order valence-corrected chi connectivity index (χ3v) is 3.81. The molecule has 1 heterocycles. The van der Waals surface area contributed by atoms with E-state index in [9.17, 15) is 10.2 Å². The second-order valence-electron chi connectivity index (χ2n) is 5.71. The molecular weight excluding hydrogens is 304 g/mol. The van der Waals surface area contributed by atoms with E-state index in [0.717, 1.165) is 28.8 Å². The Morgan fingerprint density at radius 3 is 2.46 bits per heavy atom. The highest BCUT2D eigenvalue weighted by atomic mass is 16.5. The second-order valence-corrected chi connectivity index (χ2v) is 5.71. The lowest BCUT2D eigenvalue weighted by atomic mass is 10.1. The second kappa shape index (κ2) is 7.84. The van der Waals surface area contributed by atoms with Crippen molar-refractivity contribution in [3.05, 3.63) is 58.6 Å². The Morgan fingerprint density at radius 2 is 1.92 bits per heavy atom. The molecule has 128 valence electrons. The minimum Gasteiger partial charge on any atom is -0.514 e. The number of rotatable bonds is 6. The Bertz CT molecular complexity index is 734. The number of allylic oxidation sites excluding steroid dienone is 1. The number of hydrogen-bond acceptors (Lipinski definition) is 5. The zero-order chi connectivity index (χ0) is 17.7. The minimum atomic E-state index is -0.224. The summed E-state index contributed by atoms with van der Waals surface area (Å²) in [4.78, 5) is 4.44. The van der Waals surface area contributed by atoms with E-state index in [1.165, 1.54) is 0 Å². The summed E-state index contributed by atoms with van der Waals surface area (Å²) in [6, 6.07) is 7.74. The zero-order valence-electron chi connectivity index (χ0n) is 14.6. The van der Waals surface area contributed by atoms with E-state index in [1.807, 2.05) is 52.0 Å². The van der Waals surface area contributed by atoms with E-state index >= 15 is 0 Å². The van der Waals surface area contributed by atoms with Crippen LogP contribution in [0, 0.1) is 20.8 Å². The van der Waals surface area contributed by atoms with Gasteiger partial charge in [0.15, 0.2) is 0 Å². The van der Waals surface area contributed by atoms with Crippen molar-refractivity contribution in [2.75, 3.05) is 5.32 Å². The van der Waals surface area contributed by atoms with E-state index < -0.39 is 0 Å². The van der Waals surface area contributed by atoms with Crippen LogP contribution >= 0.6 is 0 Å². The summed E-state index contributed by atoms with van der Waals surface area (Å²) < 4.78 is 6.04. The first-order valence-electron chi connectivity index (χ1n) is 7.95. The van der Waals surface area contributed by atoms with E-state index in [-0.39, 0.29) is 6.61 Å². The third kappa shape index (κ3) is 3.86. The highest BCUT2D eigenvalue weighted by Crippen LogP contribution is 2.33. The van der Waals surface area contributed by atoms with Gasteiger partial charge in [0.1, 0.15) is 5.75 Å². The number of hydrogen-bond donors (Lipinski definition) is 3. The zero-order valence-corrected chi connectivity index (χ0v) is 14.6. The molecule has 2 rings (SSSR count). The van der Waals surface area contributed by atoms with Gasteiger partial charge < -0.3 is 20.3 Å². The number of pyridine rings is 1. The molecule has 0 aliphatic rings. The largest absolute Gasteiger partial charge is 0.514 e. The van der Waals surface area contributed by atoms with Crippen molar-refractivity contribution < 1.29 is 14.9 Å². The summed E-state index contributed by atoms with van der Waals surface area (Å²) in [7, 11) is 0. The van der Waals surface area contributed by atoms with Crippen LogP contribution in [0.15, 0.2) is 36.2 Å². The molecule has 1 aromatic carbocycles. The van der Waals surface area contributed by atoms with Gasteiger partial charge in [-0.3, -0.25) is 0 Å². The number of aryl methyl sites for hydroxylation is 3. The van der Waals surface area contributed by atoms with Gasteiger partial charge in [0.05, 0.1) is 24.1 Å². The molecule has 5 nitrogen and oxygen atoms in total. The Balaban J connectivity index is 2.48. The Labute approximate surface area is 142 Å². The first kappa shape index (κ1) is 17.8. The average Bonchev–Trinajstić information content (AvgIpc) is 2.55. The van der Waals surface area contributed by atoms with Gasteiger partial charge in [-0.15, -0.1) is 0 Å². The van der Waals surface area contributed by atoms with Crippen molar-refractivity contribution in [3.8, 4) is 11.6 Å². The molecule has 0 saturated carbocycles. The van der Waals surface area contributed by atoms with Crippen LogP contribution in [-0.4, -0.2) is 15.2 Å². The standard InChI is InChI=1S/C19H24N2O3/c1-5-15(10-22)21-17-9-14(4)20-19(16(17)11-23)24-18-12(2)7-6-8-13(18)3/h6-10,22-23H,5,11H2,1-4H3,(H,20,21)/b15-10-. The van der Waals surface area contributed by atoms with Gasteiger partial charge in [-0.2, -0.15) is 0 Å². The lowest BCUT2D eigenvalue weighted by Crippen LogP contribution is -2.06. The smallest absolute Gasteiger partial charge is 0.227 e. The Morgan fingerprint density at radius 1 is 1.25 bits per heavy atom. The predicted octanol–water partition coefficient (Wildman–Crippen LogP) is 4.51. The van der Waals surface area contributed by atoms with E-state index in [0.29, 0.717) is 29.2 Å². The van der Waals surface area contributed by atoms with Crippen LogP contribution in [0.4, 0.5) is 5.69 Å². The number of nitrogens with one attached hydrogen (secondary N) is 1. The maximum Gasteiger partial charge on any atom is 0.227 e. The molecule has 3 N–H and O–H groups in total. The molecule has 0 radical (unpaired) electrons. The van der Waals surface area contributed by atoms with Gasteiger partial charge in [0.25, 0.3) is 0 Å². The number of aliphatic hydroxyl groups excluding tert-OH is 2. The third-order valence-electron chi connectivity index (χ3n) is 3.81. The van der Waals surface area contributed by atoms with Gasteiger partial charge in [-0.05, 0) is 44.4 Å². The van der Waals surface area contributed by atoms with E-state index in [2.05, 4.69) is 10.3 Å². The van der Waals surface area contributed by atoms with Gasteiger partial charge in [0.2, 0.25) is 5.88 Å². The number of anilines is 1. The molecular formula is C19H24N2O3. The van der Waals surface area contributed by atoms with Gasteiger partial charge in [0, 0.05) is 11.4 Å². The summed E-state index contributed by atoms with van der Waals surface area (Å²) >= 11 is 0. The molecule has 2 aromatic rings. The molecule has 0 amide bonds. The maximum absolute atomic E-state index is 9.82. The fraction of sp³-hybridized carbons (Fsp3) is 0.316. The average molecular weight is 328 g/mol. The van der Waals surface area contributed by atoms with Crippen molar-refractivity contribution in [1.29, 1.82) is 0 Å². The minimum absolute atomic E-state index is 0.224. The van der Waals surface area contributed by atoms with Crippen molar-refractivity contribution in [2.45, 2.75) is 40.7 Å². The van der Waals surface area contributed by atoms with Gasteiger partial charge >= 0.3 is 0 Å². The normalized spacial score (nSPS) is 11.5. The molecule has 0 spiro atoms. The number of para-hydroxylation sites is 1. The number of aliphatic hydroxyl groups is 2. The van der Waals surface area contributed by atoms with Crippen LogP contribution in [0.2, 0.25) is 0 Å². The van der Waals surface area contributed by atoms with Gasteiger partial charge in [-0.25, -0.2) is 4.98 Å². The van der Waals surface area contributed by atoms with E-state index in [1.54, 1.807) is 0 Å². The van der Waals surface area contributed by atoms with Crippen molar-refractivity contribution in [1.82, 2.24) is 4.98 Å². The molecule has 24 heavy (non-hydrogen) atoms. The molecule has 0 aliphatic carbocycles. The molecule has 0 atom stereocenters. The molecule has 0 fully saturated rings. The summed E-state index contributed by atoms with van der Waals surface area (Å²) in [6.45, 7) is 7.51. The summed E-state index contributed by atoms with van der Waals surface area (Å²) in [5.41, 5.74) is 4.63. The lowest BCUT2D eigenvalue weighted by Gasteiger charge is -2.18. The van der Waals surface area contributed by atoms with Crippen molar-refractivity contribution >= 4 is 5.69 Å². The highest BCUT2D eigenvalue weighted by molar-refractivity contribution is 5.59. The molecule has 0 bridgehead atoms. The van der Waals surface area contributed by atoms with Gasteiger partial charge in [-0.1, -0.05) is 25.1 Å². The Kier molecular flexibility index (Phi) is 5.82. The van der Waals surface area contributed by atoms with Crippen LogP contribution in [0.1, 0.15) is 35.7 Å². The topological polar surface area (TPSA) is 74.6 Å². The molecule has 0 unspecified atom stereocenters. The highest BCUT2D eigenvalue weighted by Gasteiger charge is 2.15. The first-order chi connectivity index (χ1) is 11.5. The number of nitrogens with zero attached hydrogens (tertiary/aromatic N) is 1. The fourth-order valence-corrected chi connectivity index (χ4v) is 2.46.